The van der Waals surface area contributed by atoms with Gasteiger partial charge in [-0.15, -0.1) is 0 Å². The predicted molar refractivity (Wildman–Crippen MR) is 168 cm³/mol. The largest absolute Gasteiger partial charge is 0.306 e. The third-order valence-corrected chi connectivity index (χ3v) is 7.72. The number of hydrogen-bond acceptors (Lipinski definition) is 3. The molecule has 0 aliphatic heterocycles. The fraction of sp³-hybridized carbons (Fsp3) is 0. The van der Waals surface area contributed by atoms with Gasteiger partial charge in [-0.05, 0) is 59.2 Å². The zero-order valence-electron chi connectivity index (χ0n) is 22.1. The van der Waals surface area contributed by atoms with E-state index in [2.05, 4.69) is 100 Å². The topological polar surface area (TPSA) is 43.1 Å². The highest BCUT2D eigenvalue weighted by Gasteiger charge is 2.16. The fourth-order valence-electron chi connectivity index (χ4n) is 5.75. The summed E-state index contributed by atoms with van der Waals surface area (Å²) in [6.07, 6.45) is 3.80. The maximum Gasteiger partial charge on any atom is 0.0893 e. The van der Waals surface area contributed by atoms with Gasteiger partial charge in [0.05, 0.1) is 45.3 Å². The van der Waals surface area contributed by atoms with Crippen molar-refractivity contribution in [2.24, 2.45) is 0 Å². The van der Waals surface area contributed by atoms with Crippen LogP contribution in [0, 0.1) is 0 Å². The van der Waals surface area contributed by atoms with Crippen molar-refractivity contribution < 1.29 is 0 Å². The molecule has 192 valence electrons. The number of benzene rings is 4. The third-order valence-electron chi connectivity index (χ3n) is 7.72. The van der Waals surface area contributed by atoms with E-state index < -0.39 is 0 Å². The van der Waals surface area contributed by atoms with Gasteiger partial charge in [0.25, 0.3) is 0 Å². The van der Waals surface area contributed by atoms with E-state index in [-0.39, 0.29) is 0 Å². The van der Waals surface area contributed by atoms with Gasteiger partial charge < -0.3 is 4.40 Å². The second kappa shape index (κ2) is 9.54. The van der Waals surface area contributed by atoms with E-state index in [9.17, 15) is 0 Å². The molecule has 4 heteroatoms. The molecule has 8 rings (SSSR count). The monoisotopic (exact) mass is 524 g/mol. The highest BCUT2D eigenvalue weighted by atomic mass is 14.9. The maximum absolute atomic E-state index is 4.85. The first-order chi connectivity index (χ1) is 20.3. The molecule has 41 heavy (non-hydrogen) atoms. The molecule has 0 saturated heterocycles. The van der Waals surface area contributed by atoms with E-state index in [1.807, 2.05) is 48.7 Å². The van der Waals surface area contributed by atoms with Crippen molar-refractivity contribution in [3.8, 4) is 44.9 Å². The highest BCUT2D eigenvalue weighted by molar-refractivity contribution is 6.07. The van der Waals surface area contributed by atoms with Gasteiger partial charge in [-0.3, -0.25) is 9.97 Å². The summed E-state index contributed by atoms with van der Waals surface area (Å²) in [6.45, 7) is 0. The molecule has 0 amide bonds. The van der Waals surface area contributed by atoms with Gasteiger partial charge in [0.15, 0.2) is 0 Å². The SMILES string of the molecule is c1ccc(-c2cccc(-c3ccc(-c4ccc(-c5c6ccccc6n6c5cnc5ccccc56)cc4)cc3)n2)nc1. The third kappa shape index (κ3) is 3.97. The molecule has 0 unspecified atom stereocenters. The van der Waals surface area contributed by atoms with Crippen LogP contribution in [0.2, 0.25) is 0 Å². The normalized spacial score (nSPS) is 11.4. The Kier molecular flexibility index (Phi) is 5.42. The summed E-state index contributed by atoms with van der Waals surface area (Å²) in [6, 6.07) is 46.3. The number of para-hydroxylation sites is 3. The van der Waals surface area contributed by atoms with E-state index in [0.717, 1.165) is 39.2 Å². The van der Waals surface area contributed by atoms with E-state index in [4.69, 9.17) is 9.97 Å². The lowest BCUT2D eigenvalue weighted by Crippen LogP contribution is -1.90. The van der Waals surface area contributed by atoms with Gasteiger partial charge in [0.1, 0.15) is 0 Å². The van der Waals surface area contributed by atoms with Crippen molar-refractivity contribution >= 4 is 27.5 Å². The van der Waals surface area contributed by atoms with Gasteiger partial charge in [0, 0.05) is 22.7 Å². The molecule has 4 aromatic carbocycles. The maximum atomic E-state index is 4.85. The molecule has 0 aliphatic rings. The van der Waals surface area contributed by atoms with Gasteiger partial charge in [-0.25, -0.2) is 4.98 Å². The molecular formula is C37H24N4. The Morgan fingerprint density at radius 2 is 1.05 bits per heavy atom. The highest BCUT2D eigenvalue weighted by Crippen LogP contribution is 2.37. The Hall–Kier alpha value is -5.61. The lowest BCUT2D eigenvalue weighted by Gasteiger charge is -2.08. The first-order valence-electron chi connectivity index (χ1n) is 13.7. The Morgan fingerprint density at radius 1 is 0.415 bits per heavy atom. The summed E-state index contributed by atoms with van der Waals surface area (Å²) < 4.78 is 2.33. The van der Waals surface area contributed by atoms with Gasteiger partial charge in [-0.1, -0.05) is 91.0 Å². The molecule has 0 saturated carbocycles. The average Bonchev–Trinajstić information content (AvgIpc) is 3.40. The zero-order valence-corrected chi connectivity index (χ0v) is 22.1. The molecule has 0 N–H and O–H groups in total. The minimum absolute atomic E-state index is 0.872. The van der Waals surface area contributed by atoms with Crippen LogP contribution >= 0.6 is 0 Å². The molecule has 4 aromatic heterocycles. The standard InChI is InChI=1S/C37H24N4/c1-3-13-34-29(8-1)37(36-24-39-33-10-2-4-14-35(33)41(34)36)28-21-17-26(18-22-28)25-15-19-27(20-16-25)30-11-7-12-32(40-30)31-9-5-6-23-38-31/h1-24H. The van der Waals surface area contributed by atoms with Crippen molar-refractivity contribution in [1.29, 1.82) is 0 Å². The lowest BCUT2D eigenvalue weighted by atomic mass is 9.98. The van der Waals surface area contributed by atoms with Crippen LogP contribution in [0.5, 0.6) is 0 Å². The Labute approximate surface area is 237 Å². The van der Waals surface area contributed by atoms with Crippen LogP contribution < -0.4 is 0 Å². The quantitative estimate of drug-likeness (QED) is 0.231. The molecule has 4 nitrogen and oxygen atoms in total. The number of aromatic nitrogens is 4. The molecule has 0 radical (unpaired) electrons. The van der Waals surface area contributed by atoms with Crippen molar-refractivity contribution in [2.45, 2.75) is 0 Å². The summed E-state index contributed by atoms with van der Waals surface area (Å²) >= 11 is 0. The number of rotatable bonds is 4. The molecular weight excluding hydrogens is 500 g/mol. The van der Waals surface area contributed by atoms with Crippen molar-refractivity contribution in [2.75, 3.05) is 0 Å². The molecule has 0 spiro atoms. The van der Waals surface area contributed by atoms with Crippen LogP contribution in [0.25, 0.3) is 72.4 Å². The van der Waals surface area contributed by atoms with E-state index in [1.165, 1.54) is 33.2 Å². The summed E-state index contributed by atoms with van der Waals surface area (Å²) in [5.74, 6) is 0. The molecule has 0 atom stereocenters. The van der Waals surface area contributed by atoms with E-state index in [0.29, 0.717) is 0 Å². The molecule has 4 heterocycles. The van der Waals surface area contributed by atoms with Crippen molar-refractivity contribution in [3.63, 3.8) is 0 Å². The molecule has 0 bridgehead atoms. The molecule has 8 aromatic rings. The van der Waals surface area contributed by atoms with Crippen LogP contribution in [0.15, 0.2) is 146 Å². The van der Waals surface area contributed by atoms with Crippen LogP contribution in [0.4, 0.5) is 0 Å². The number of fused-ring (bicyclic) bond motifs is 5. The average molecular weight is 525 g/mol. The number of nitrogens with zero attached hydrogens (tertiary/aromatic N) is 4. The smallest absolute Gasteiger partial charge is 0.0893 e. The van der Waals surface area contributed by atoms with Crippen LogP contribution in [0.3, 0.4) is 0 Å². The predicted octanol–water partition coefficient (Wildman–Crippen LogP) is 9.10. The summed E-state index contributed by atoms with van der Waals surface area (Å²) in [7, 11) is 0. The first-order valence-corrected chi connectivity index (χ1v) is 13.7. The number of hydrogen-bond donors (Lipinski definition) is 0. The first kappa shape index (κ1) is 23.3. The van der Waals surface area contributed by atoms with Crippen LogP contribution in [-0.4, -0.2) is 19.4 Å². The summed E-state index contributed by atoms with van der Waals surface area (Å²) in [5.41, 5.74) is 12.9. The van der Waals surface area contributed by atoms with E-state index >= 15 is 0 Å². The summed E-state index contributed by atoms with van der Waals surface area (Å²) in [4.78, 5) is 14.1. The second-order valence-corrected chi connectivity index (χ2v) is 10.1. The Morgan fingerprint density at radius 3 is 1.83 bits per heavy atom. The Bertz CT molecular complexity index is 2180. The summed E-state index contributed by atoms with van der Waals surface area (Å²) in [5, 5.41) is 1.23. The van der Waals surface area contributed by atoms with Gasteiger partial charge in [0.2, 0.25) is 0 Å². The van der Waals surface area contributed by atoms with Crippen LogP contribution in [-0.2, 0) is 0 Å². The van der Waals surface area contributed by atoms with E-state index in [1.54, 1.807) is 6.20 Å². The van der Waals surface area contributed by atoms with Gasteiger partial charge in [-0.2, -0.15) is 0 Å². The zero-order chi connectivity index (χ0) is 27.2. The second-order valence-electron chi connectivity index (χ2n) is 10.1. The molecule has 0 aliphatic carbocycles. The van der Waals surface area contributed by atoms with Crippen molar-refractivity contribution in [1.82, 2.24) is 19.4 Å². The minimum Gasteiger partial charge on any atom is -0.306 e. The van der Waals surface area contributed by atoms with Gasteiger partial charge >= 0.3 is 0 Å². The fourth-order valence-corrected chi connectivity index (χ4v) is 5.75. The lowest BCUT2D eigenvalue weighted by molar-refractivity contribution is 1.25. The Balaban J connectivity index is 1.15. The minimum atomic E-state index is 0.872. The van der Waals surface area contributed by atoms with Crippen LogP contribution in [0.1, 0.15) is 0 Å². The number of pyridine rings is 2. The van der Waals surface area contributed by atoms with Crippen molar-refractivity contribution in [3.05, 3.63) is 146 Å². The molecule has 0 fully saturated rings.